The van der Waals surface area contributed by atoms with Gasteiger partial charge in [-0.1, -0.05) is 9.24 Å². The lowest BCUT2D eigenvalue weighted by Crippen LogP contribution is -2.13. The summed E-state index contributed by atoms with van der Waals surface area (Å²) in [6, 6.07) is 0.221. The van der Waals surface area contributed by atoms with E-state index < -0.39 is 5.31 Å². The van der Waals surface area contributed by atoms with Gasteiger partial charge in [0, 0.05) is 6.04 Å². The summed E-state index contributed by atoms with van der Waals surface area (Å²) in [5, 5.41) is 2.46. The fourth-order valence-electron chi connectivity index (χ4n) is 0.748. The SMILES string of the molecule is BC(F)(P)c1ncn(C(C)C)n1. The van der Waals surface area contributed by atoms with E-state index in [-0.39, 0.29) is 11.9 Å². The van der Waals surface area contributed by atoms with E-state index in [1.807, 2.05) is 13.8 Å². The fourth-order valence-corrected chi connectivity index (χ4v) is 0.880. The van der Waals surface area contributed by atoms with Crippen molar-refractivity contribution in [2.45, 2.75) is 25.2 Å². The molecular formula is C6H12BFN3P. The maximum Gasteiger partial charge on any atom is 0.182 e. The van der Waals surface area contributed by atoms with Gasteiger partial charge in [0.15, 0.2) is 13.7 Å². The Morgan fingerprint density at radius 1 is 1.75 bits per heavy atom. The largest absolute Gasteiger partial charge is 0.250 e. The van der Waals surface area contributed by atoms with E-state index in [0.29, 0.717) is 0 Å². The molecule has 0 aromatic carbocycles. The number of rotatable bonds is 2. The van der Waals surface area contributed by atoms with Crippen LogP contribution >= 0.6 is 9.24 Å². The Morgan fingerprint density at radius 2 is 2.33 bits per heavy atom. The van der Waals surface area contributed by atoms with Crippen LogP contribution in [0.2, 0.25) is 0 Å². The summed E-state index contributed by atoms with van der Waals surface area (Å²) in [7, 11) is 3.48. The molecule has 0 radical (unpaired) electrons. The van der Waals surface area contributed by atoms with Crippen molar-refractivity contribution in [3.05, 3.63) is 12.2 Å². The van der Waals surface area contributed by atoms with E-state index in [1.165, 1.54) is 7.85 Å². The minimum absolute atomic E-state index is 0.209. The molecular weight excluding hydrogens is 175 g/mol. The maximum atomic E-state index is 13.2. The summed E-state index contributed by atoms with van der Waals surface area (Å²) in [5.41, 5.74) is 0. The number of hydrogen-bond donors (Lipinski definition) is 0. The van der Waals surface area contributed by atoms with Crippen LogP contribution in [-0.2, 0) is 5.31 Å². The van der Waals surface area contributed by atoms with E-state index in [9.17, 15) is 4.39 Å². The van der Waals surface area contributed by atoms with Gasteiger partial charge in [-0.25, -0.2) is 9.37 Å². The molecule has 0 saturated carbocycles. The molecule has 0 aliphatic rings. The van der Waals surface area contributed by atoms with Gasteiger partial charge in [-0.15, -0.1) is 0 Å². The second-order valence-corrected chi connectivity index (χ2v) is 4.30. The molecule has 0 saturated heterocycles. The average molecular weight is 187 g/mol. The molecule has 0 N–H and O–H groups in total. The van der Waals surface area contributed by atoms with E-state index >= 15 is 0 Å². The van der Waals surface area contributed by atoms with Gasteiger partial charge in [0.05, 0.1) is 0 Å². The van der Waals surface area contributed by atoms with Gasteiger partial charge >= 0.3 is 0 Å². The molecule has 0 bridgehead atoms. The number of halogens is 1. The molecule has 12 heavy (non-hydrogen) atoms. The summed E-state index contributed by atoms with van der Waals surface area (Å²) in [5.74, 6) is 0.209. The van der Waals surface area contributed by atoms with Crippen LogP contribution in [0, 0.1) is 0 Å². The predicted octanol–water partition coefficient (Wildman–Crippen LogP) is 0.447. The molecule has 0 aliphatic heterocycles. The average Bonchev–Trinajstić information content (AvgIpc) is 2.30. The topological polar surface area (TPSA) is 30.7 Å². The fraction of sp³-hybridized carbons (Fsp3) is 0.667. The first-order valence-electron chi connectivity index (χ1n) is 3.80. The van der Waals surface area contributed by atoms with Crippen LogP contribution < -0.4 is 0 Å². The molecule has 1 rings (SSSR count). The monoisotopic (exact) mass is 187 g/mol. The number of nitrogens with zero attached hydrogens (tertiary/aromatic N) is 3. The van der Waals surface area contributed by atoms with Crippen molar-refractivity contribution >= 4 is 17.1 Å². The lowest BCUT2D eigenvalue weighted by Gasteiger charge is -2.08. The smallest absolute Gasteiger partial charge is 0.182 e. The number of aromatic nitrogens is 3. The highest BCUT2D eigenvalue weighted by Gasteiger charge is 2.24. The first-order valence-corrected chi connectivity index (χ1v) is 4.38. The zero-order valence-corrected chi connectivity index (χ0v) is 8.61. The van der Waals surface area contributed by atoms with E-state index in [2.05, 4.69) is 19.3 Å². The molecule has 2 unspecified atom stereocenters. The summed E-state index contributed by atoms with van der Waals surface area (Å²) in [6.45, 7) is 3.94. The van der Waals surface area contributed by atoms with Crippen molar-refractivity contribution in [2.75, 3.05) is 0 Å². The molecule has 1 heterocycles. The van der Waals surface area contributed by atoms with Gasteiger partial charge in [0.1, 0.15) is 11.6 Å². The number of hydrogen-bond acceptors (Lipinski definition) is 2. The Bertz CT molecular complexity index is 268. The third-order valence-corrected chi connectivity index (χ3v) is 1.73. The molecule has 1 aromatic heterocycles. The molecule has 0 aliphatic carbocycles. The summed E-state index contributed by atoms with van der Waals surface area (Å²) in [4.78, 5) is 3.86. The lowest BCUT2D eigenvalue weighted by molar-refractivity contribution is 0.388. The van der Waals surface area contributed by atoms with E-state index in [4.69, 9.17) is 0 Å². The quantitative estimate of drug-likeness (QED) is 0.497. The molecule has 3 nitrogen and oxygen atoms in total. The van der Waals surface area contributed by atoms with Gasteiger partial charge in [-0.2, -0.15) is 5.10 Å². The van der Waals surface area contributed by atoms with E-state index in [0.717, 1.165) is 0 Å². The van der Waals surface area contributed by atoms with Crippen molar-refractivity contribution in [1.82, 2.24) is 14.8 Å². The van der Waals surface area contributed by atoms with Crippen LogP contribution in [0.1, 0.15) is 25.7 Å². The van der Waals surface area contributed by atoms with Gasteiger partial charge in [-0.05, 0) is 13.8 Å². The predicted molar refractivity (Wildman–Crippen MR) is 51.4 cm³/mol. The highest BCUT2D eigenvalue weighted by molar-refractivity contribution is 7.21. The molecule has 1 aromatic rings. The van der Waals surface area contributed by atoms with Gasteiger partial charge < -0.3 is 0 Å². The lowest BCUT2D eigenvalue weighted by atomic mass is 10.0. The Hall–Kier alpha value is -0.435. The van der Waals surface area contributed by atoms with Crippen LogP contribution in [0.5, 0.6) is 0 Å². The van der Waals surface area contributed by atoms with Crippen molar-refractivity contribution < 1.29 is 4.39 Å². The number of alkyl halides is 1. The van der Waals surface area contributed by atoms with Crippen molar-refractivity contribution in [1.29, 1.82) is 0 Å². The maximum absolute atomic E-state index is 13.2. The Morgan fingerprint density at radius 3 is 2.58 bits per heavy atom. The molecule has 2 atom stereocenters. The minimum atomic E-state index is -1.53. The zero-order chi connectivity index (χ0) is 9.35. The molecule has 6 heteroatoms. The van der Waals surface area contributed by atoms with Crippen LogP contribution in [0.4, 0.5) is 4.39 Å². The van der Waals surface area contributed by atoms with Gasteiger partial charge in [0.25, 0.3) is 0 Å². The second kappa shape index (κ2) is 3.13. The van der Waals surface area contributed by atoms with Crippen LogP contribution in [-0.4, -0.2) is 22.6 Å². The molecule has 66 valence electrons. The third kappa shape index (κ3) is 2.04. The summed E-state index contributed by atoms with van der Waals surface area (Å²) < 4.78 is 14.9. The minimum Gasteiger partial charge on any atom is -0.250 e. The highest BCUT2D eigenvalue weighted by Crippen LogP contribution is 2.25. The van der Waals surface area contributed by atoms with Crippen molar-refractivity contribution in [3.8, 4) is 0 Å². The second-order valence-electron chi connectivity index (χ2n) is 3.22. The van der Waals surface area contributed by atoms with Crippen molar-refractivity contribution in [3.63, 3.8) is 0 Å². The summed E-state index contributed by atoms with van der Waals surface area (Å²) >= 11 is 0. The molecule has 0 fully saturated rings. The van der Waals surface area contributed by atoms with Crippen LogP contribution in [0.25, 0.3) is 0 Å². The molecule has 0 amide bonds. The Kier molecular flexibility index (Phi) is 2.52. The van der Waals surface area contributed by atoms with Gasteiger partial charge in [0.2, 0.25) is 0 Å². The first-order chi connectivity index (χ1) is 5.41. The summed E-state index contributed by atoms with van der Waals surface area (Å²) in [6.07, 6.45) is 1.54. The van der Waals surface area contributed by atoms with E-state index in [1.54, 1.807) is 11.0 Å². The Labute approximate surface area is 74.4 Å². The van der Waals surface area contributed by atoms with Gasteiger partial charge in [-0.3, -0.25) is 4.68 Å². The first kappa shape index (κ1) is 9.65. The normalized spacial score (nSPS) is 16.4. The zero-order valence-electron chi connectivity index (χ0n) is 7.45. The van der Waals surface area contributed by atoms with Crippen LogP contribution in [0.3, 0.4) is 0 Å². The van der Waals surface area contributed by atoms with Crippen molar-refractivity contribution in [2.24, 2.45) is 0 Å². The van der Waals surface area contributed by atoms with Crippen LogP contribution in [0.15, 0.2) is 6.33 Å². The third-order valence-electron chi connectivity index (χ3n) is 1.47. The molecule has 0 spiro atoms. The Balaban J connectivity index is 2.92. The standard InChI is InChI=1S/C6H12BFN3P/c1-4(2)11-3-9-5(10-11)6(7,8)12/h3-4H,7,12H2,1-2H3. The highest BCUT2D eigenvalue weighted by atomic mass is 31.0.